The molecule has 1 heterocycles. The highest BCUT2D eigenvalue weighted by atomic mass is 32.2. The van der Waals surface area contributed by atoms with E-state index < -0.39 is 28.1 Å². The Balaban J connectivity index is 0.000000809. The van der Waals surface area contributed by atoms with Crippen molar-refractivity contribution >= 4 is 33.3 Å². The van der Waals surface area contributed by atoms with Crippen LogP contribution in [0, 0.1) is 0 Å². The molecule has 0 spiro atoms. The number of aliphatic carboxylic acids is 1. The summed E-state index contributed by atoms with van der Waals surface area (Å²) in [6, 6.07) is 5.04. The second kappa shape index (κ2) is 13.7. The van der Waals surface area contributed by atoms with Gasteiger partial charge >= 0.3 is 18.1 Å². The molecule has 0 atom stereocenters. The molecule has 0 aromatic heterocycles. The third-order valence-corrected chi connectivity index (χ3v) is 5.91. The molecule has 1 aromatic rings. The lowest BCUT2D eigenvalue weighted by atomic mass is 10.0. The van der Waals surface area contributed by atoms with Gasteiger partial charge in [0.15, 0.2) is 0 Å². The number of carboxylic acid groups (broad SMARTS) is 2. The molecule has 36 heavy (non-hydrogen) atoms. The van der Waals surface area contributed by atoms with Crippen LogP contribution in [0.25, 0.3) is 0 Å². The van der Waals surface area contributed by atoms with E-state index in [4.69, 9.17) is 14.6 Å². The number of carbonyl (C=O) groups is 2. The summed E-state index contributed by atoms with van der Waals surface area (Å²) in [6.07, 6.45) is -0.852. The van der Waals surface area contributed by atoms with Crippen molar-refractivity contribution in [2.24, 2.45) is 0 Å². The number of nitrogens with one attached hydrogen (secondary N) is 1. The lowest BCUT2D eigenvalue weighted by molar-refractivity contribution is -0.192. The summed E-state index contributed by atoms with van der Waals surface area (Å²) >= 11 is 0. The molecule has 1 saturated heterocycles. The van der Waals surface area contributed by atoms with E-state index >= 15 is 0 Å². The Bertz CT molecular complexity index is 980. The highest BCUT2D eigenvalue weighted by Crippen LogP contribution is 2.31. The van der Waals surface area contributed by atoms with Gasteiger partial charge in [-0.2, -0.15) is 13.2 Å². The predicted molar refractivity (Wildman–Crippen MR) is 129 cm³/mol. The number of hydrogen-bond donors (Lipinski definition) is 3. The maximum atomic E-state index is 11.7. The van der Waals surface area contributed by atoms with Crippen molar-refractivity contribution in [1.82, 2.24) is 4.90 Å². The zero-order valence-corrected chi connectivity index (χ0v) is 21.5. The molecule has 1 fully saturated rings. The molecule has 1 aliphatic rings. The van der Waals surface area contributed by atoms with Crippen molar-refractivity contribution in [2.45, 2.75) is 51.4 Å². The second-order valence-corrected chi connectivity index (χ2v) is 10.4. The van der Waals surface area contributed by atoms with Crippen LogP contribution in [-0.2, 0) is 19.6 Å². The monoisotopic (exact) mass is 541 g/mol. The Morgan fingerprint density at radius 2 is 1.78 bits per heavy atom. The second-order valence-electron chi connectivity index (χ2n) is 8.69. The summed E-state index contributed by atoms with van der Waals surface area (Å²) in [5.74, 6) is -3.85. The fraction of sp³-hybridized carbons (Fsp3) is 0.636. The fourth-order valence-electron chi connectivity index (χ4n) is 3.59. The molecule has 0 unspecified atom stereocenters. The number of ether oxygens (including phenoxy) is 1. The maximum absolute atomic E-state index is 11.7. The molecule has 0 aliphatic carbocycles. The smallest absolute Gasteiger partial charge is 0.478 e. The van der Waals surface area contributed by atoms with Gasteiger partial charge < -0.3 is 24.7 Å². The lowest BCUT2D eigenvalue weighted by Gasteiger charge is -2.38. The number of aromatic carboxylic acids is 1. The molecule has 1 aromatic carbocycles. The molecule has 0 radical (unpaired) electrons. The molecule has 2 rings (SSSR count). The summed E-state index contributed by atoms with van der Waals surface area (Å²) in [7, 11) is -1.38. The Kier molecular flexibility index (Phi) is 11.9. The maximum Gasteiger partial charge on any atom is 0.490 e. The van der Waals surface area contributed by atoms with Gasteiger partial charge in [-0.25, -0.2) is 18.0 Å². The summed E-state index contributed by atoms with van der Waals surface area (Å²) in [4.78, 5) is 24.6. The number of alkyl halides is 3. The highest BCUT2D eigenvalue weighted by Gasteiger charge is 2.38. The number of rotatable bonds is 10. The van der Waals surface area contributed by atoms with Gasteiger partial charge in [0.1, 0.15) is 0 Å². The molecule has 206 valence electrons. The minimum absolute atomic E-state index is 0.0538. The molecule has 0 bridgehead atoms. The summed E-state index contributed by atoms with van der Waals surface area (Å²) in [6.45, 7) is 7.37. The van der Waals surface area contributed by atoms with E-state index in [0.29, 0.717) is 17.4 Å². The first-order chi connectivity index (χ1) is 16.5. The number of nitrogens with zero attached hydrogens (tertiary/aromatic N) is 2. The van der Waals surface area contributed by atoms with Gasteiger partial charge in [-0.1, -0.05) is 0 Å². The summed E-state index contributed by atoms with van der Waals surface area (Å²) in [5, 5.41) is 16.3. The third kappa shape index (κ3) is 11.4. The summed E-state index contributed by atoms with van der Waals surface area (Å²) in [5.41, 5.74) is 1.08. The molecule has 10 nitrogen and oxygen atoms in total. The standard InChI is InChI=1S/C20H33N3O5S.C2HF3O2/c1-15(2)28-13-5-10-22(3)17-8-11-23(12-9-17)19-7-6-16(20(24)25)14-18(19)21-29(4,26)27;3-2(4,5)1(6)7/h6-7,14-15,17,21H,5,8-13H2,1-4H3,(H,24,25);(H,6,7). The van der Waals surface area contributed by atoms with Crippen LogP contribution in [0.4, 0.5) is 24.5 Å². The minimum atomic E-state index is -5.08. The normalized spacial score (nSPS) is 15.0. The quantitative estimate of drug-likeness (QED) is 0.382. The van der Waals surface area contributed by atoms with Gasteiger partial charge in [0.05, 0.1) is 29.3 Å². The fourth-order valence-corrected chi connectivity index (χ4v) is 4.15. The topological polar surface area (TPSA) is 136 Å². The predicted octanol–water partition coefficient (Wildman–Crippen LogP) is 3.11. The average molecular weight is 542 g/mol. The van der Waals surface area contributed by atoms with Crippen LogP contribution in [0.15, 0.2) is 18.2 Å². The zero-order valence-electron chi connectivity index (χ0n) is 20.7. The molecule has 3 N–H and O–H groups in total. The molecule has 14 heteroatoms. The number of carboxylic acids is 2. The van der Waals surface area contributed by atoms with E-state index in [1.165, 1.54) is 12.1 Å². The van der Waals surface area contributed by atoms with E-state index in [2.05, 4.69) is 21.6 Å². The first-order valence-electron chi connectivity index (χ1n) is 11.2. The van der Waals surface area contributed by atoms with Crippen LogP contribution in [0.1, 0.15) is 43.5 Å². The largest absolute Gasteiger partial charge is 0.490 e. The van der Waals surface area contributed by atoms with Crippen molar-refractivity contribution < 1.29 is 46.1 Å². The van der Waals surface area contributed by atoms with Crippen molar-refractivity contribution in [3.05, 3.63) is 23.8 Å². The third-order valence-electron chi connectivity index (χ3n) is 5.32. The van der Waals surface area contributed by atoms with Gasteiger partial charge in [-0.15, -0.1) is 0 Å². The average Bonchev–Trinajstić information content (AvgIpc) is 2.75. The lowest BCUT2D eigenvalue weighted by Crippen LogP contribution is -2.44. The van der Waals surface area contributed by atoms with E-state index in [0.717, 1.165) is 51.8 Å². The molecule has 0 saturated carbocycles. The van der Waals surface area contributed by atoms with Crippen LogP contribution in [0.5, 0.6) is 0 Å². The SMILES string of the molecule is CC(C)OCCCN(C)C1CCN(c2ccc(C(=O)O)cc2NS(C)(=O)=O)CC1.O=C(O)C(F)(F)F. The van der Waals surface area contributed by atoms with Crippen molar-refractivity contribution in [1.29, 1.82) is 0 Å². The Morgan fingerprint density at radius 3 is 2.22 bits per heavy atom. The zero-order chi connectivity index (χ0) is 27.7. The molecular weight excluding hydrogens is 507 g/mol. The number of halogens is 3. The first-order valence-corrected chi connectivity index (χ1v) is 13.1. The summed E-state index contributed by atoms with van der Waals surface area (Å²) < 4.78 is 63.3. The number of sulfonamides is 1. The van der Waals surface area contributed by atoms with Gasteiger partial charge in [0, 0.05) is 32.3 Å². The van der Waals surface area contributed by atoms with Crippen molar-refractivity contribution in [3.8, 4) is 0 Å². The van der Waals surface area contributed by atoms with E-state index in [1.807, 2.05) is 13.8 Å². The first kappa shape index (κ1) is 31.4. The van der Waals surface area contributed by atoms with E-state index in [9.17, 15) is 31.5 Å². The van der Waals surface area contributed by atoms with Gasteiger partial charge in [-0.3, -0.25) is 4.72 Å². The van der Waals surface area contributed by atoms with Crippen LogP contribution in [-0.4, -0.2) is 93.3 Å². The van der Waals surface area contributed by atoms with Gasteiger partial charge in [0.25, 0.3) is 0 Å². The molecule has 1 aliphatic heterocycles. The van der Waals surface area contributed by atoms with Crippen LogP contribution >= 0.6 is 0 Å². The van der Waals surface area contributed by atoms with E-state index in [-0.39, 0.29) is 11.7 Å². The number of benzene rings is 1. The molecule has 0 amide bonds. The van der Waals surface area contributed by atoms with Crippen LogP contribution < -0.4 is 9.62 Å². The molecular formula is C22H34F3N3O7S. The van der Waals surface area contributed by atoms with Crippen LogP contribution in [0.3, 0.4) is 0 Å². The van der Waals surface area contributed by atoms with Gasteiger partial charge in [-0.05, 0) is 58.4 Å². The Morgan fingerprint density at radius 1 is 1.22 bits per heavy atom. The van der Waals surface area contributed by atoms with Crippen molar-refractivity contribution in [3.63, 3.8) is 0 Å². The van der Waals surface area contributed by atoms with Gasteiger partial charge in [0.2, 0.25) is 10.0 Å². The van der Waals surface area contributed by atoms with Crippen molar-refractivity contribution in [2.75, 3.05) is 49.2 Å². The number of hydrogen-bond acceptors (Lipinski definition) is 7. The Labute approximate surface area is 209 Å². The van der Waals surface area contributed by atoms with E-state index in [1.54, 1.807) is 6.07 Å². The number of anilines is 2. The van der Waals surface area contributed by atoms with Crippen LogP contribution in [0.2, 0.25) is 0 Å². The minimum Gasteiger partial charge on any atom is -0.478 e. The highest BCUT2D eigenvalue weighted by molar-refractivity contribution is 7.92. The Hall–Kier alpha value is -2.58. The number of piperidine rings is 1.